The average Bonchev–Trinajstić information content (AvgIpc) is 2.83. The molecular formula is C29H19N. The van der Waals surface area contributed by atoms with E-state index in [2.05, 4.69) is 109 Å². The second kappa shape index (κ2) is 6.82. The van der Waals surface area contributed by atoms with Gasteiger partial charge in [0.2, 0.25) is 0 Å². The van der Waals surface area contributed by atoms with Crippen molar-refractivity contribution < 1.29 is 0 Å². The van der Waals surface area contributed by atoms with Crippen LogP contribution in [-0.2, 0) is 0 Å². The first-order chi connectivity index (χ1) is 14.9. The first kappa shape index (κ1) is 16.9. The molecule has 0 amide bonds. The fourth-order valence-electron chi connectivity index (χ4n) is 4.45. The Labute approximate surface area is 175 Å². The maximum absolute atomic E-state index is 4.74. The van der Waals surface area contributed by atoms with Crippen LogP contribution >= 0.6 is 0 Å². The summed E-state index contributed by atoms with van der Waals surface area (Å²) in [6, 6.07) is 38.8. The van der Waals surface area contributed by atoms with Gasteiger partial charge in [-0.1, -0.05) is 103 Å². The molecule has 5 aromatic carbocycles. The highest BCUT2D eigenvalue weighted by Crippen LogP contribution is 2.34. The molecule has 0 bridgehead atoms. The summed E-state index contributed by atoms with van der Waals surface area (Å²) in [5.41, 5.74) is 4.65. The molecule has 0 unspecified atom stereocenters. The standard InChI is InChI=1S/C29H19N/c1-3-9-24-20(6-1)8-5-11-25(24)22-12-14-23(15-13-22)29-28-17-16-21-7-2-4-10-26(21)27(28)18-19-30-29/h1-19H. The lowest BCUT2D eigenvalue weighted by molar-refractivity contribution is 1.36. The molecule has 0 saturated carbocycles. The van der Waals surface area contributed by atoms with Crippen LogP contribution in [0.5, 0.6) is 0 Å². The predicted molar refractivity (Wildman–Crippen MR) is 128 cm³/mol. The van der Waals surface area contributed by atoms with E-state index >= 15 is 0 Å². The summed E-state index contributed by atoms with van der Waals surface area (Å²) in [7, 11) is 0. The van der Waals surface area contributed by atoms with Crippen LogP contribution in [-0.4, -0.2) is 4.98 Å². The summed E-state index contributed by atoms with van der Waals surface area (Å²) in [5, 5.41) is 7.51. The molecule has 1 heteroatoms. The van der Waals surface area contributed by atoms with Gasteiger partial charge in [0, 0.05) is 17.1 Å². The van der Waals surface area contributed by atoms with E-state index < -0.39 is 0 Å². The molecule has 1 nitrogen and oxygen atoms in total. The van der Waals surface area contributed by atoms with Gasteiger partial charge in [-0.15, -0.1) is 0 Å². The van der Waals surface area contributed by atoms with Gasteiger partial charge in [0.15, 0.2) is 0 Å². The van der Waals surface area contributed by atoms with Crippen molar-refractivity contribution in [2.24, 2.45) is 0 Å². The molecule has 0 N–H and O–H groups in total. The number of pyridine rings is 1. The molecule has 0 spiro atoms. The van der Waals surface area contributed by atoms with Crippen molar-refractivity contribution in [3.63, 3.8) is 0 Å². The molecule has 30 heavy (non-hydrogen) atoms. The second-order valence-corrected chi connectivity index (χ2v) is 7.65. The van der Waals surface area contributed by atoms with Gasteiger partial charge in [0.25, 0.3) is 0 Å². The van der Waals surface area contributed by atoms with Crippen molar-refractivity contribution in [2.45, 2.75) is 0 Å². The second-order valence-electron chi connectivity index (χ2n) is 7.65. The minimum Gasteiger partial charge on any atom is -0.256 e. The lowest BCUT2D eigenvalue weighted by Gasteiger charge is -2.10. The van der Waals surface area contributed by atoms with Gasteiger partial charge in [-0.3, -0.25) is 4.98 Å². The van der Waals surface area contributed by atoms with Crippen LogP contribution < -0.4 is 0 Å². The Hall–Kier alpha value is -3.97. The summed E-state index contributed by atoms with van der Waals surface area (Å²) in [5.74, 6) is 0. The Kier molecular flexibility index (Phi) is 3.85. The summed E-state index contributed by atoms with van der Waals surface area (Å²) in [6.45, 7) is 0. The molecule has 1 aromatic heterocycles. The fraction of sp³-hybridized carbons (Fsp3) is 0. The van der Waals surface area contributed by atoms with Crippen molar-refractivity contribution >= 4 is 32.3 Å². The Balaban J connectivity index is 1.49. The van der Waals surface area contributed by atoms with Crippen molar-refractivity contribution in [3.05, 3.63) is 115 Å². The van der Waals surface area contributed by atoms with E-state index in [1.165, 1.54) is 43.4 Å². The van der Waals surface area contributed by atoms with E-state index in [1.807, 2.05) is 6.20 Å². The van der Waals surface area contributed by atoms with E-state index in [1.54, 1.807) is 0 Å². The Morgan fingerprint density at radius 1 is 0.400 bits per heavy atom. The normalized spacial score (nSPS) is 11.3. The predicted octanol–water partition coefficient (Wildman–Crippen LogP) is 7.88. The lowest BCUT2D eigenvalue weighted by atomic mass is 9.95. The Morgan fingerprint density at radius 2 is 1.07 bits per heavy atom. The van der Waals surface area contributed by atoms with Gasteiger partial charge in [0.1, 0.15) is 0 Å². The quantitative estimate of drug-likeness (QED) is 0.278. The lowest BCUT2D eigenvalue weighted by Crippen LogP contribution is -1.88. The van der Waals surface area contributed by atoms with Gasteiger partial charge < -0.3 is 0 Å². The summed E-state index contributed by atoms with van der Waals surface area (Å²) in [4.78, 5) is 4.74. The Bertz CT molecular complexity index is 1520. The molecule has 0 atom stereocenters. The number of nitrogens with zero attached hydrogens (tertiary/aromatic N) is 1. The highest BCUT2D eigenvalue weighted by molar-refractivity contribution is 6.11. The van der Waals surface area contributed by atoms with E-state index in [-0.39, 0.29) is 0 Å². The van der Waals surface area contributed by atoms with E-state index in [4.69, 9.17) is 4.98 Å². The molecule has 0 aliphatic heterocycles. The third-order valence-electron chi connectivity index (χ3n) is 5.93. The van der Waals surface area contributed by atoms with E-state index in [9.17, 15) is 0 Å². The molecule has 0 aliphatic rings. The third kappa shape index (κ3) is 2.67. The number of benzene rings is 5. The van der Waals surface area contributed by atoms with E-state index in [0.29, 0.717) is 0 Å². The first-order valence-corrected chi connectivity index (χ1v) is 10.2. The monoisotopic (exact) mass is 381 g/mol. The van der Waals surface area contributed by atoms with Gasteiger partial charge in [-0.05, 0) is 44.1 Å². The fourth-order valence-corrected chi connectivity index (χ4v) is 4.45. The van der Waals surface area contributed by atoms with Crippen molar-refractivity contribution in [3.8, 4) is 22.4 Å². The highest BCUT2D eigenvalue weighted by Gasteiger charge is 2.09. The van der Waals surface area contributed by atoms with Crippen LogP contribution in [0.3, 0.4) is 0 Å². The highest BCUT2D eigenvalue weighted by atomic mass is 14.7. The van der Waals surface area contributed by atoms with Crippen LogP contribution in [0.15, 0.2) is 115 Å². The number of fused-ring (bicyclic) bond motifs is 4. The van der Waals surface area contributed by atoms with Gasteiger partial charge in [-0.25, -0.2) is 0 Å². The molecule has 1 heterocycles. The van der Waals surface area contributed by atoms with Crippen molar-refractivity contribution in [1.29, 1.82) is 0 Å². The third-order valence-corrected chi connectivity index (χ3v) is 5.93. The van der Waals surface area contributed by atoms with Gasteiger partial charge in [0.05, 0.1) is 5.69 Å². The summed E-state index contributed by atoms with van der Waals surface area (Å²) < 4.78 is 0. The van der Waals surface area contributed by atoms with Crippen LogP contribution in [0.2, 0.25) is 0 Å². The van der Waals surface area contributed by atoms with Crippen LogP contribution in [0.4, 0.5) is 0 Å². The number of rotatable bonds is 2. The molecule has 140 valence electrons. The van der Waals surface area contributed by atoms with Crippen LogP contribution in [0.25, 0.3) is 54.7 Å². The minimum atomic E-state index is 1.03. The average molecular weight is 381 g/mol. The molecule has 0 saturated heterocycles. The minimum absolute atomic E-state index is 1.03. The molecule has 6 aromatic rings. The maximum Gasteiger partial charge on any atom is 0.0780 e. The smallest absolute Gasteiger partial charge is 0.0780 e. The maximum atomic E-state index is 4.74. The number of hydrogen-bond acceptors (Lipinski definition) is 1. The largest absolute Gasteiger partial charge is 0.256 e. The zero-order chi connectivity index (χ0) is 19.9. The zero-order valence-electron chi connectivity index (χ0n) is 16.4. The Morgan fingerprint density at radius 3 is 1.90 bits per heavy atom. The molecular weight excluding hydrogens is 362 g/mol. The van der Waals surface area contributed by atoms with Crippen molar-refractivity contribution in [2.75, 3.05) is 0 Å². The molecule has 0 aliphatic carbocycles. The molecule has 6 rings (SSSR count). The summed E-state index contributed by atoms with van der Waals surface area (Å²) >= 11 is 0. The molecule has 0 radical (unpaired) electrons. The molecule has 0 fully saturated rings. The van der Waals surface area contributed by atoms with Crippen LogP contribution in [0.1, 0.15) is 0 Å². The zero-order valence-corrected chi connectivity index (χ0v) is 16.4. The summed E-state index contributed by atoms with van der Waals surface area (Å²) in [6.07, 6.45) is 1.92. The van der Waals surface area contributed by atoms with Gasteiger partial charge >= 0.3 is 0 Å². The SMILES string of the molecule is c1ccc2c(-c3ccc(-c4nccc5c4ccc4ccccc45)cc3)cccc2c1. The van der Waals surface area contributed by atoms with Crippen molar-refractivity contribution in [1.82, 2.24) is 4.98 Å². The van der Waals surface area contributed by atoms with Crippen LogP contribution in [0, 0.1) is 0 Å². The number of hydrogen-bond donors (Lipinski definition) is 0. The first-order valence-electron chi connectivity index (χ1n) is 10.2. The number of aromatic nitrogens is 1. The van der Waals surface area contributed by atoms with Gasteiger partial charge in [-0.2, -0.15) is 0 Å². The topological polar surface area (TPSA) is 12.9 Å². The van der Waals surface area contributed by atoms with E-state index in [0.717, 1.165) is 11.3 Å².